The van der Waals surface area contributed by atoms with E-state index in [0.717, 1.165) is 19.3 Å². The third kappa shape index (κ3) is 4.31. The topological polar surface area (TPSA) is 66.9 Å². The van der Waals surface area contributed by atoms with Gasteiger partial charge in [-0.25, -0.2) is 8.42 Å². The van der Waals surface area contributed by atoms with Crippen LogP contribution < -0.4 is 0 Å². The van der Waals surface area contributed by atoms with Gasteiger partial charge >= 0.3 is 0 Å². The number of rotatable bonds is 3. The van der Waals surface area contributed by atoms with Crippen LogP contribution in [0.3, 0.4) is 0 Å². The van der Waals surface area contributed by atoms with Crippen LogP contribution in [0.15, 0.2) is 23.1 Å². The van der Waals surface area contributed by atoms with Crippen LogP contribution in [0.1, 0.15) is 50.4 Å². The first kappa shape index (κ1) is 20.6. The first-order valence-electron chi connectivity index (χ1n) is 9.46. The normalized spacial score (nSPS) is 27.6. The summed E-state index contributed by atoms with van der Waals surface area (Å²) < 4.78 is 33.4. The number of hydrogen-bond acceptors (Lipinski definition) is 4. The second-order valence-electron chi connectivity index (χ2n) is 7.57. The predicted octanol–water partition coefficient (Wildman–Crippen LogP) is 3.15. The van der Waals surface area contributed by atoms with Crippen molar-refractivity contribution >= 4 is 27.5 Å². The molecular formula is C19H27ClN2O4S. The van der Waals surface area contributed by atoms with Crippen LogP contribution in [0.25, 0.3) is 0 Å². The molecule has 0 radical (unpaired) electrons. The average Bonchev–Trinajstić information content (AvgIpc) is 2.61. The second-order valence-corrected chi connectivity index (χ2v) is 9.88. The molecule has 2 aliphatic heterocycles. The first-order chi connectivity index (χ1) is 12.7. The second kappa shape index (κ2) is 8.07. The summed E-state index contributed by atoms with van der Waals surface area (Å²) in [4.78, 5) is 14.7. The summed E-state index contributed by atoms with van der Waals surface area (Å²) in [6, 6.07) is 4.69. The fourth-order valence-corrected chi connectivity index (χ4v) is 5.96. The molecule has 150 valence electrons. The van der Waals surface area contributed by atoms with Crippen LogP contribution in [0.4, 0.5) is 0 Å². The number of carbonyl (C=O) groups is 1. The Labute approximate surface area is 166 Å². The van der Waals surface area contributed by atoms with E-state index in [9.17, 15) is 13.2 Å². The van der Waals surface area contributed by atoms with Gasteiger partial charge in [-0.3, -0.25) is 4.79 Å². The molecule has 0 aliphatic carbocycles. The smallest absolute Gasteiger partial charge is 0.254 e. The van der Waals surface area contributed by atoms with Gasteiger partial charge in [0.15, 0.2) is 0 Å². The third-order valence-corrected chi connectivity index (χ3v) is 7.56. The summed E-state index contributed by atoms with van der Waals surface area (Å²) in [5, 5.41) is 0.130. The van der Waals surface area contributed by atoms with Crippen LogP contribution in [0.5, 0.6) is 0 Å². The van der Waals surface area contributed by atoms with E-state index < -0.39 is 10.0 Å². The molecule has 3 rings (SSSR count). The van der Waals surface area contributed by atoms with Crippen molar-refractivity contribution < 1.29 is 17.9 Å². The lowest BCUT2D eigenvalue weighted by Crippen LogP contribution is -2.48. The molecule has 0 saturated carbocycles. The molecule has 0 aromatic heterocycles. The number of hydrogen-bond donors (Lipinski definition) is 0. The van der Waals surface area contributed by atoms with Crippen LogP contribution >= 0.6 is 11.6 Å². The molecule has 3 atom stereocenters. The van der Waals surface area contributed by atoms with Crippen LogP contribution in [-0.2, 0) is 14.8 Å². The Kier molecular flexibility index (Phi) is 6.15. The van der Waals surface area contributed by atoms with E-state index in [1.54, 1.807) is 6.07 Å². The number of sulfonamides is 1. The van der Waals surface area contributed by atoms with Gasteiger partial charge < -0.3 is 9.64 Å². The number of carbonyl (C=O) groups excluding carboxylic acids is 1. The van der Waals surface area contributed by atoms with Crippen LogP contribution in [0.2, 0.25) is 5.02 Å². The maximum absolute atomic E-state index is 13.2. The molecule has 0 unspecified atom stereocenters. The third-order valence-electron chi connectivity index (χ3n) is 5.25. The van der Waals surface area contributed by atoms with Crippen molar-refractivity contribution in [2.24, 2.45) is 0 Å². The van der Waals surface area contributed by atoms with Crippen molar-refractivity contribution in [1.29, 1.82) is 0 Å². The zero-order valence-electron chi connectivity index (χ0n) is 16.0. The number of nitrogens with zero attached hydrogens (tertiary/aromatic N) is 2. The zero-order chi connectivity index (χ0) is 19.8. The summed E-state index contributed by atoms with van der Waals surface area (Å²) in [6.45, 7) is 6.95. The van der Waals surface area contributed by atoms with Gasteiger partial charge in [0.1, 0.15) is 4.90 Å². The number of benzene rings is 1. The van der Waals surface area contributed by atoms with E-state index in [1.807, 2.05) is 25.7 Å². The molecule has 2 heterocycles. The summed E-state index contributed by atoms with van der Waals surface area (Å²) >= 11 is 6.23. The average molecular weight is 415 g/mol. The molecule has 8 heteroatoms. The van der Waals surface area contributed by atoms with Crippen molar-refractivity contribution in [3.63, 3.8) is 0 Å². The number of amides is 1. The maximum atomic E-state index is 13.2. The molecule has 27 heavy (non-hydrogen) atoms. The van der Waals surface area contributed by atoms with Crippen molar-refractivity contribution in [3.05, 3.63) is 28.8 Å². The standard InChI is InChI=1S/C19H27ClN2O4S/c1-13-6-4-5-9-22(13)19(23)16-7-8-17(20)18(10-16)27(24,25)21-11-14(2)26-15(3)12-21/h7-8,10,13-15H,4-6,9,11-12H2,1-3H3/t13-,14-,15+/m1/s1. The Morgan fingerprint density at radius 2 is 1.81 bits per heavy atom. The van der Waals surface area contributed by atoms with E-state index in [1.165, 1.54) is 16.4 Å². The number of morpholine rings is 1. The molecule has 0 bridgehead atoms. The molecule has 2 aliphatic rings. The number of halogens is 1. The van der Waals surface area contributed by atoms with E-state index in [2.05, 4.69) is 0 Å². The molecule has 1 aromatic carbocycles. The van der Waals surface area contributed by atoms with Gasteiger partial charge in [-0.15, -0.1) is 0 Å². The predicted molar refractivity (Wildman–Crippen MR) is 105 cm³/mol. The monoisotopic (exact) mass is 414 g/mol. The Hall–Kier alpha value is -1.15. The first-order valence-corrected chi connectivity index (χ1v) is 11.3. The highest BCUT2D eigenvalue weighted by Gasteiger charge is 2.34. The molecule has 2 saturated heterocycles. The van der Waals surface area contributed by atoms with Crippen molar-refractivity contribution in [2.75, 3.05) is 19.6 Å². The fourth-order valence-electron chi connectivity index (χ4n) is 3.87. The summed E-state index contributed by atoms with van der Waals surface area (Å²) in [5.74, 6) is -0.140. The lowest BCUT2D eigenvalue weighted by molar-refractivity contribution is -0.0440. The van der Waals surface area contributed by atoms with E-state index in [0.29, 0.717) is 12.1 Å². The fraction of sp³-hybridized carbons (Fsp3) is 0.632. The highest BCUT2D eigenvalue weighted by molar-refractivity contribution is 7.89. The quantitative estimate of drug-likeness (QED) is 0.761. The van der Waals surface area contributed by atoms with Crippen LogP contribution in [-0.4, -0.2) is 61.4 Å². The van der Waals surface area contributed by atoms with Gasteiger partial charge in [0, 0.05) is 31.2 Å². The largest absolute Gasteiger partial charge is 0.373 e. The number of likely N-dealkylation sites (tertiary alicyclic amines) is 1. The molecule has 0 N–H and O–H groups in total. The van der Waals surface area contributed by atoms with Gasteiger partial charge in [-0.05, 0) is 58.2 Å². The number of ether oxygens (including phenoxy) is 1. The SMILES string of the molecule is C[C@@H]1CN(S(=O)(=O)c2cc(C(=O)N3CCCC[C@H]3C)ccc2Cl)C[C@H](C)O1. The van der Waals surface area contributed by atoms with Crippen molar-refractivity contribution in [2.45, 2.75) is 63.2 Å². The lowest BCUT2D eigenvalue weighted by Gasteiger charge is -2.35. The van der Waals surface area contributed by atoms with Crippen LogP contribution in [0, 0.1) is 0 Å². The minimum Gasteiger partial charge on any atom is -0.373 e. The highest BCUT2D eigenvalue weighted by atomic mass is 35.5. The summed E-state index contributed by atoms with van der Waals surface area (Å²) in [5.41, 5.74) is 0.362. The minimum atomic E-state index is -3.81. The Morgan fingerprint density at radius 1 is 1.15 bits per heavy atom. The molecule has 0 spiro atoms. The number of piperidine rings is 1. The van der Waals surface area contributed by atoms with Crippen molar-refractivity contribution in [1.82, 2.24) is 9.21 Å². The molecule has 1 amide bonds. The Bertz CT molecular complexity index is 804. The lowest BCUT2D eigenvalue weighted by atomic mass is 10.0. The van der Waals surface area contributed by atoms with Gasteiger partial charge in [0.2, 0.25) is 10.0 Å². The highest BCUT2D eigenvalue weighted by Crippen LogP contribution is 2.29. The van der Waals surface area contributed by atoms with Gasteiger partial charge in [-0.2, -0.15) is 4.31 Å². The minimum absolute atomic E-state index is 0.0130. The van der Waals surface area contributed by atoms with E-state index in [-0.39, 0.29) is 47.2 Å². The van der Waals surface area contributed by atoms with Gasteiger partial charge in [0.05, 0.1) is 17.2 Å². The molecule has 2 fully saturated rings. The van der Waals surface area contributed by atoms with E-state index in [4.69, 9.17) is 16.3 Å². The van der Waals surface area contributed by atoms with Gasteiger partial charge in [0.25, 0.3) is 5.91 Å². The molecular weight excluding hydrogens is 388 g/mol. The zero-order valence-corrected chi connectivity index (χ0v) is 17.6. The van der Waals surface area contributed by atoms with E-state index >= 15 is 0 Å². The summed E-state index contributed by atoms with van der Waals surface area (Å²) in [7, 11) is -3.81. The van der Waals surface area contributed by atoms with Crippen molar-refractivity contribution in [3.8, 4) is 0 Å². The summed E-state index contributed by atoms with van der Waals surface area (Å²) in [6.07, 6.45) is 2.66. The molecule has 6 nitrogen and oxygen atoms in total. The Balaban J connectivity index is 1.92. The molecule has 1 aromatic rings. The maximum Gasteiger partial charge on any atom is 0.254 e. The Morgan fingerprint density at radius 3 is 2.44 bits per heavy atom. The van der Waals surface area contributed by atoms with Gasteiger partial charge in [-0.1, -0.05) is 11.6 Å².